The highest BCUT2D eigenvalue weighted by molar-refractivity contribution is 6.30. The van der Waals surface area contributed by atoms with E-state index in [-0.39, 0.29) is 0 Å². The smallest absolute Gasteiger partial charge is 0.165 e. The van der Waals surface area contributed by atoms with Gasteiger partial charge in [-0.3, -0.25) is 9.88 Å². The predicted octanol–water partition coefficient (Wildman–Crippen LogP) is 4.81. The van der Waals surface area contributed by atoms with Gasteiger partial charge in [0.05, 0.1) is 24.9 Å². The number of nitrogens with zero attached hydrogens (tertiary/aromatic N) is 2. The zero-order valence-electron chi connectivity index (χ0n) is 16.5. The van der Waals surface area contributed by atoms with Crippen LogP contribution in [-0.4, -0.2) is 37.3 Å². The third kappa shape index (κ3) is 4.47. The lowest BCUT2D eigenvalue weighted by Gasteiger charge is -2.20. The van der Waals surface area contributed by atoms with E-state index in [9.17, 15) is 0 Å². The molecule has 2 aromatic carbocycles. The monoisotopic (exact) mass is 410 g/mol. The molecule has 1 aliphatic heterocycles. The molecule has 1 aromatic heterocycles. The van der Waals surface area contributed by atoms with E-state index in [1.54, 1.807) is 20.4 Å². The average Bonchev–Trinajstić information content (AvgIpc) is 2.95. The van der Waals surface area contributed by atoms with E-state index in [2.05, 4.69) is 28.1 Å². The standard InChI is InChI=1S/C23H23ClN2O3/c1-27-20-5-3-4-16(10-20)14-26-8-9-29-23-18(15-26)11-17(12-22(23)28-2)21-7-6-19(24)13-25-21/h3-7,10-13H,8-9,14-15H2,1-2H3. The summed E-state index contributed by atoms with van der Waals surface area (Å²) < 4.78 is 17.0. The summed E-state index contributed by atoms with van der Waals surface area (Å²) >= 11 is 5.99. The summed E-state index contributed by atoms with van der Waals surface area (Å²) in [7, 11) is 3.35. The van der Waals surface area contributed by atoms with Gasteiger partial charge in [-0.1, -0.05) is 23.7 Å². The van der Waals surface area contributed by atoms with E-state index in [0.717, 1.165) is 53.7 Å². The Morgan fingerprint density at radius 3 is 2.76 bits per heavy atom. The molecule has 29 heavy (non-hydrogen) atoms. The first kappa shape index (κ1) is 19.6. The summed E-state index contributed by atoms with van der Waals surface area (Å²) in [4.78, 5) is 6.81. The van der Waals surface area contributed by atoms with Crippen LogP contribution in [-0.2, 0) is 13.1 Å². The van der Waals surface area contributed by atoms with Crippen molar-refractivity contribution in [2.24, 2.45) is 0 Å². The van der Waals surface area contributed by atoms with Crippen LogP contribution in [0.2, 0.25) is 5.02 Å². The van der Waals surface area contributed by atoms with Crippen LogP contribution >= 0.6 is 11.6 Å². The van der Waals surface area contributed by atoms with Gasteiger partial charge in [0.1, 0.15) is 12.4 Å². The molecule has 150 valence electrons. The lowest BCUT2D eigenvalue weighted by molar-refractivity contribution is 0.216. The summed E-state index contributed by atoms with van der Waals surface area (Å²) in [6.07, 6.45) is 1.65. The van der Waals surface area contributed by atoms with Gasteiger partial charge < -0.3 is 14.2 Å². The Hall–Kier alpha value is -2.76. The molecule has 5 nitrogen and oxygen atoms in total. The van der Waals surface area contributed by atoms with E-state index in [1.165, 1.54) is 5.56 Å². The lowest BCUT2D eigenvalue weighted by Crippen LogP contribution is -2.25. The van der Waals surface area contributed by atoms with Crippen LogP contribution in [0.4, 0.5) is 0 Å². The molecule has 0 saturated carbocycles. The highest BCUT2D eigenvalue weighted by atomic mass is 35.5. The third-order valence-corrected chi connectivity index (χ3v) is 5.19. The fourth-order valence-electron chi connectivity index (χ4n) is 3.55. The molecule has 0 amide bonds. The summed E-state index contributed by atoms with van der Waals surface area (Å²) in [5, 5.41) is 0.614. The van der Waals surface area contributed by atoms with Crippen molar-refractivity contribution >= 4 is 11.6 Å². The van der Waals surface area contributed by atoms with Gasteiger partial charge in [-0.15, -0.1) is 0 Å². The molecule has 0 N–H and O–H groups in total. The molecule has 0 aliphatic carbocycles. The zero-order chi connectivity index (χ0) is 20.2. The fourth-order valence-corrected chi connectivity index (χ4v) is 3.66. The van der Waals surface area contributed by atoms with Crippen LogP contribution in [0.3, 0.4) is 0 Å². The van der Waals surface area contributed by atoms with Crippen LogP contribution in [0.5, 0.6) is 17.2 Å². The van der Waals surface area contributed by atoms with E-state index < -0.39 is 0 Å². The maximum absolute atomic E-state index is 6.06. The first-order valence-corrected chi connectivity index (χ1v) is 9.85. The number of fused-ring (bicyclic) bond motifs is 1. The van der Waals surface area contributed by atoms with Gasteiger partial charge in [-0.25, -0.2) is 0 Å². The maximum Gasteiger partial charge on any atom is 0.165 e. The van der Waals surface area contributed by atoms with Gasteiger partial charge in [-0.2, -0.15) is 0 Å². The van der Waals surface area contributed by atoms with Crippen LogP contribution < -0.4 is 14.2 Å². The Bertz CT molecular complexity index is 992. The molecule has 4 rings (SSSR count). The highest BCUT2D eigenvalue weighted by Gasteiger charge is 2.21. The molecule has 2 heterocycles. The molecule has 3 aromatic rings. The SMILES string of the molecule is COc1cccc(CN2CCOc3c(cc(-c4ccc(Cl)cn4)cc3OC)C2)c1. The zero-order valence-corrected chi connectivity index (χ0v) is 17.3. The number of halogens is 1. The van der Waals surface area contributed by atoms with E-state index in [4.69, 9.17) is 25.8 Å². The molecule has 0 spiro atoms. The van der Waals surface area contributed by atoms with Crippen LogP contribution in [0.15, 0.2) is 54.7 Å². The Balaban J connectivity index is 1.64. The van der Waals surface area contributed by atoms with Gasteiger partial charge in [-0.05, 0) is 42.0 Å². The molecular formula is C23H23ClN2O3. The molecule has 0 bridgehead atoms. The highest BCUT2D eigenvalue weighted by Crippen LogP contribution is 2.38. The quantitative estimate of drug-likeness (QED) is 0.603. The number of hydrogen-bond donors (Lipinski definition) is 0. The first-order chi connectivity index (χ1) is 14.2. The summed E-state index contributed by atoms with van der Waals surface area (Å²) in [6.45, 7) is 2.99. The number of aromatic nitrogens is 1. The summed E-state index contributed by atoms with van der Waals surface area (Å²) in [5.41, 5.74) is 4.11. The van der Waals surface area contributed by atoms with Gasteiger partial charge >= 0.3 is 0 Å². The normalized spacial score (nSPS) is 13.9. The Labute approximate surface area is 175 Å². The molecule has 1 aliphatic rings. The van der Waals surface area contributed by atoms with Crippen LogP contribution in [0, 0.1) is 0 Å². The minimum atomic E-state index is 0.603. The second-order valence-electron chi connectivity index (χ2n) is 6.94. The Morgan fingerprint density at radius 1 is 1.10 bits per heavy atom. The molecule has 0 unspecified atom stereocenters. The molecular weight excluding hydrogens is 388 g/mol. The minimum absolute atomic E-state index is 0.603. The van der Waals surface area contributed by atoms with E-state index in [1.807, 2.05) is 30.3 Å². The molecule has 0 saturated heterocycles. The van der Waals surface area contributed by atoms with Gasteiger partial charge in [0.15, 0.2) is 11.5 Å². The van der Waals surface area contributed by atoms with Crippen LogP contribution in [0.25, 0.3) is 11.3 Å². The summed E-state index contributed by atoms with van der Waals surface area (Å²) in [6, 6.07) is 16.0. The number of hydrogen-bond acceptors (Lipinski definition) is 5. The van der Waals surface area contributed by atoms with Gasteiger partial charge in [0.2, 0.25) is 0 Å². The average molecular weight is 411 g/mol. The largest absolute Gasteiger partial charge is 0.497 e. The Kier molecular flexibility index (Phi) is 5.88. The topological polar surface area (TPSA) is 43.8 Å². The van der Waals surface area contributed by atoms with Crippen molar-refractivity contribution in [3.63, 3.8) is 0 Å². The maximum atomic E-state index is 6.06. The number of rotatable bonds is 5. The van der Waals surface area contributed by atoms with Crippen molar-refractivity contribution in [2.45, 2.75) is 13.1 Å². The van der Waals surface area contributed by atoms with Crippen molar-refractivity contribution in [1.29, 1.82) is 0 Å². The van der Waals surface area contributed by atoms with Crippen LogP contribution in [0.1, 0.15) is 11.1 Å². The van der Waals surface area contributed by atoms with Crippen molar-refractivity contribution < 1.29 is 14.2 Å². The third-order valence-electron chi connectivity index (χ3n) is 4.96. The van der Waals surface area contributed by atoms with Gasteiger partial charge in [0, 0.05) is 37.0 Å². The Morgan fingerprint density at radius 2 is 2.00 bits per heavy atom. The minimum Gasteiger partial charge on any atom is -0.497 e. The number of methoxy groups -OCH3 is 2. The second-order valence-corrected chi connectivity index (χ2v) is 7.38. The van der Waals surface area contributed by atoms with Crippen molar-refractivity contribution in [3.05, 3.63) is 70.9 Å². The molecule has 0 radical (unpaired) electrons. The van der Waals surface area contributed by atoms with Gasteiger partial charge in [0.25, 0.3) is 0 Å². The van der Waals surface area contributed by atoms with Crippen molar-refractivity contribution in [2.75, 3.05) is 27.4 Å². The number of benzene rings is 2. The lowest BCUT2D eigenvalue weighted by atomic mass is 10.0. The fraction of sp³-hybridized carbons (Fsp3) is 0.261. The molecule has 0 fully saturated rings. The first-order valence-electron chi connectivity index (χ1n) is 9.47. The number of ether oxygens (including phenoxy) is 3. The second kappa shape index (κ2) is 8.72. The number of pyridine rings is 1. The molecule has 0 atom stereocenters. The van der Waals surface area contributed by atoms with Crippen molar-refractivity contribution in [1.82, 2.24) is 9.88 Å². The predicted molar refractivity (Wildman–Crippen MR) is 114 cm³/mol. The van der Waals surface area contributed by atoms with Crippen molar-refractivity contribution in [3.8, 4) is 28.5 Å². The summed E-state index contributed by atoms with van der Waals surface area (Å²) in [5.74, 6) is 2.39. The molecule has 6 heteroatoms. The van der Waals surface area contributed by atoms with E-state index >= 15 is 0 Å². The van der Waals surface area contributed by atoms with E-state index in [0.29, 0.717) is 11.6 Å².